The first-order valence-corrected chi connectivity index (χ1v) is 11.4. The van der Waals surface area contributed by atoms with Gasteiger partial charge in [-0.05, 0) is 63.4 Å². The molecule has 3 nitrogen and oxygen atoms in total. The van der Waals surface area contributed by atoms with Crippen molar-refractivity contribution in [1.82, 2.24) is 4.90 Å². The third-order valence-corrected chi connectivity index (χ3v) is 7.97. The Bertz CT molecular complexity index is 807. The van der Waals surface area contributed by atoms with Crippen LogP contribution in [-0.2, 0) is 0 Å². The average Bonchev–Trinajstić information content (AvgIpc) is 2.71. The molecule has 2 bridgehead atoms. The lowest BCUT2D eigenvalue weighted by atomic mass is 9.68. The van der Waals surface area contributed by atoms with Gasteiger partial charge < -0.3 is 15.1 Å². The summed E-state index contributed by atoms with van der Waals surface area (Å²) < 4.78 is 14.0. The highest BCUT2D eigenvalue weighted by molar-refractivity contribution is 7.80. The van der Waals surface area contributed by atoms with Crippen molar-refractivity contribution in [1.29, 1.82) is 0 Å². The molecule has 0 spiro atoms. The molecule has 5 atom stereocenters. The fraction of sp³-hybridized carbons (Fsp3) is 0.609. The molecule has 3 heterocycles. The van der Waals surface area contributed by atoms with Gasteiger partial charge in [0.1, 0.15) is 5.82 Å². The molecule has 1 unspecified atom stereocenters. The van der Waals surface area contributed by atoms with E-state index in [4.69, 9.17) is 12.2 Å². The van der Waals surface area contributed by atoms with Crippen LogP contribution in [-0.4, -0.2) is 41.7 Å². The molecule has 3 aliphatic heterocycles. The molecule has 5 heteroatoms. The smallest absolute Gasteiger partial charge is 0.173 e. The monoisotopic (exact) mass is 400 g/mol. The number of quaternary nitrogens is 1. The molecule has 28 heavy (non-hydrogen) atoms. The van der Waals surface area contributed by atoms with E-state index in [0.29, 0.717) is 17.5 Å². The number of hydrogen-bond acceptors (Lipinski definition) is 1. The Hall–Kier alpha value is -1.46. The maximum absolute atomic E-state index is 14.0. The van der Waals surface area contributed by atoms with Crippen molar-refractivity contribution in [3.05, 3.63) is 41.2 Å². The first kappa shape index (κ1) is 18.6. The van der Waals surface area contributed by atoms with Crippen molar-refractivity contribution in [3.63, 3.8) is 0 Å². The van der Waals surface area contributed by atoms with Gasteiger partial charge in [-0.15, -0.1) is 0 Å². The summed E-state index contributed by atoms with van der Waals surface area (Å²) in [6.07, 6.45) is 10.5. The van der Waals surface area contributed by atoms with E-state index in [2.05, 4.69) is 16.3 Å². The molecule has 0 amide bonds. The van der Waals surface area contributed by atoms with E-state index in [1.54, 1.807) is 11.6 Å². The van der Waals surface area contributed by atoms with Crippen LogP contribution >= 0.6 is 12.2 Å². The van der Waals surface area contributed by atoms with Crippen LogP contribution in [0.15, 0.2) is 29.8 Å². The fourth-order valence-corrected chi connectivity index (χ4v) is 6.66. The first-order chi connectivity index (χ1) is 13.6. The van der Waals surface area contributed by atoms with E-state index >= 15 is 0 Å². The van der Waals surface area contributed by atoms with Gasteiger partial charge in [0.15, 0.2) is 5.11 Å². The summed E-state index contributed by atoms with van der Waals surface area (Å²) in [7, 11) is 0. The number of halogens is 1. The Labute approximate surface area is 173 Å². The zero-order valence-electron chi connectivity index (χ0n) is 16.7. The normalized spacial score (nSPS) is 34.1. The molecule has 1 aromatic carbocycles. The van der Waals surface area contributed by atoms with Crippen LogP contribution in [0, 0.1) is 24.6 Å². The number of benzene rings is 1. The Morgan fingerprint density at radius 1 is 1.29 bits per heavy atom. The topological polar surface area (TPSA) is 19.7 Å². The number of fused-ring (bicyclic) bond motifs is 6. The predicted octanol–water partition coefficient (Wildman–Crippen LogP) is 3.31. The summed E-state index contributed by atoms with van der Waals surface area (Å²) in [5.41, 5.74) is 3.05. The fourth-order valence-electron chi connectivity index (χ4n) is 6.35. The predicted molar refractivity (Wildman–Crippen MR) is 115 cm³/mol. The van der Waals surface area contributed by atoms with Gasteiger partial charge in [0.05, 0.1) is 25.2 Å². The van der Waals surface area contributed by atoms with Gasteiger partial charge in [-0.3, -0.25) is 0 Å². The minimum Gasteiger partial charge on any atom is -0.342 e. The number of nitrogens with one attached hydrogen (secondary N) is 2. The van der Waals surface area contributed by atoms with E-state index in [0.717, 1.165) is 35.7 Å². The minimum absolute atomic E-state index is 0.181. The quantitative estimate of drug-likeness (QED) is 0.557. The highest BCUT2D eigenvalue weighted by Gasteiger charge is 2.48. The van der Waals surface area contributed by atoms with Gasteiger partial charge in [0, 0.05) is 36.1 Å². The Morgan fingerprint density at radius 2 is 2.18 bits per heavy atom. The number of anilines is 1. The van der Waals surface area contributed by atoms with Crippen LogP contribution < -0.4 is 10.2 Å². The van der Waals surface area contributed by atoms with Gasteiger partial charge in [0.25, 0.3) is 0 Å². The van der Waals surface area contributed by atoms with Crippen LogP contribution in [0.5, 0.6) is 0 Å². The Balaban J connectivity index is 1.40. The second-order valence-electron chi connectivity index (χ2n) is 9.20. The maximum Gasteiger partial charge on any atom is 0.173 e. The second-order valence-corrected chi connectivity index (χ2v) is 9.59. The minimum atomic E-state index is -0.181. The molecule has 1 aliphatic carbocycles. The molecular weight excluding hydrogens is 369 g/mol. The lowest BCUT2D eigenvalue weighted by molar-refractivity contribution is -0.943. The highest BCUT2D eigenvalue weighted by Crippen LogP contribution is 2.40. The van der Waals surface area contributed by atoms with Crippen LogP contribution in [0.1, 0.15) is 44.1 Å². The van der Waals surface area contributed by atoms with Crippen LogP contribution in [0.3, 0.4) is 0 Å². The summed E-state index contributed by atoms with van der Waals surface area (Å²) in [4.78, 5) is 4.26. The number of likely N-dealkylation sites (tertiary alicyclic amines) is 1. The largest absolute Gasteiger partial charge is 0.342 e. The van der Waals surface area contributed by atoms with E-state index in [1.807, 2.05) is 17.9 Å². The van der Waals surface area contributed by atoms with E-state index in [1.165, 1.54) is 51.3 Å². The first-order valence-electron chi connectivity index (χ1n) is 11.0. The van der Waals surface area contributed by atoms with Crippen molar-refractivity contribution in [2.45, 2.75) is 57.5 Å². The Kier molecular flexibility index (Phi) is 4.92. The van der Waals surface area contributed by atoms with Crippen molar-refractivity contribution in [3.8, 4) is 0 Å². The molecule has 1 aromatic rings. The molecule has 4 aliphatic rings. The van der Waals surface area contributed by atoms with Crippen LogP contribution in [0.2, 0.25) is 0 Å². The Morgan fingerprint density at radius 3 is 3.07 bits per heavy atom. The van der Waals surface area contributed by atoms with Crippen LogP contribution in [0.4, 0.5) is 10.1 Å². The molecule has 3 saturated heterocycles. The lowest BCUT2D eigenvalue weighted by Gasteiger charge is -2.53. The van der Waals surface area contributed by atoms with Crippen molar-refractivity contribution < 1.29 is 9.29 Å². The van der Waals surface area contributed by atoms with Gasteiger partial charge in [-0.25, -0.2) is 4.39 Å². The number of piperidine rings is 3. The van der Waals surface area contributed by atoms with Gasteiger partial charge in [0.2, 0.25) is 0 Å². The van der Waals surface area contributed by atoms with Gasteiger partial charge in [-0.2, -0.15) is 0 Å². The summed E-state index contributed by atoms with van der Waals surface area (Å²) in [6, 6.07) is 6.47. The van der Waals surface area contributed by atoms with Crippen molar-refractivity contribution >= 4 is 23.0 Å². The standard InChI is InChI=1S/C23H30FN3S/c1-15-19(24)7-4-8-20(15)25-23(28)27-11-5-6-16-12-17-13-18(22(16)27)14-26-10-3-2-9-21(17)26/h4,7-8,12,17-18,21-22H,2-3,5-6,9-11,13-14H2,1H3,(H,25,28)/p+1/t17-,18+,21+,22-/m0/s1. The average molecular weight is 401 g/mol. The molecule has 0 aromatic heterocycles. The highest BCUT2D eigenvalue weighted by atomic mass is 32.1. The zero-order valence-corrected chi connectivity index (χ0v) is 17.5. The van der Waals surface area contributed by atoms with Crippen molar-refractivity contribution in [2.75, 3.05) is 25.0 Å². The number of thiocarbonyl (C=S) groups is 1. The van der Waals surface area contributed by atoms with E-state index < -0.39 is 0 Å². The van der Waals surface area contributed by atoms with Gasteiger partial charge in [-0.1, -0.05) is 17.7 Å². The van der Waals surface area contributed by atoms with Crippen molar-refractivity contribution in [2.24, 2.45) is 11.8 Å². The maximum atomic E-state index is 14.0. The molecule has 2 N–H and O–H groups in total. The summed E-state index contributed by atoms with van der Waals surface area (Å²) in [6.45, 7) is 5.45. The number of nitrogens with zero attached hydrogens (tertiary/aromatic N) is 1. The molecule has 5 rings (SSSR count). The SMILES string of the molecule is Cc1c(F)cccc1NC(=S)N1CCCC2=C[C@H]3C[C@H](C[NH+]4CCCC[C@H]34)[C@H]21. The van der Waals surface area contributed by atoms with Crippen LogP contribution in [0.25, 0.3) is 0 Å². The second kappa shape index (κ2) is 7.42. The summed E-state index contributed by atoms with van der Waals surface area (Å²) in [5, 5.41) is 4.13. The molecule has 150 valence electrons. The summed E-state index contributed by atoms with van der Waals surface area (Å²) >= 11 is 5.85. The third-order valence-electron chi connectivity index (χ3n) is 7.63. The lowest BCUT2D eigenvalue weighted by Crippen LogP contribution is -3.19. The van der Waals surface area contributed by atoms with Gasteiger partial charge >= 0.3 is 0 Å². The third kappa shape index (κ3) is 3.17. The zero-order chi connectivity index (χ0) is 19.3. The van der Waals surface area contributed by atoms with E-state index in [9.17, 15) is 4.39 Å². The number of hydrogen-bond donors (Lipinski definition) is 2. The molecular formula is C23H31FN3S+. The van der Waals surface area contributed by atoms with E-state index in [-0.39, 0.29) is 5.82 Å². The number of rotatable bonds is 1. The molecule has 0 saturated carbocycles. The summed E-state index contributed by atoms with van der Waals surface area (Å²) in [5.74, 6) is 1.29. The molecule has 0 radical (unpaired) electrons. The molecule has 3 fully saturated rings.